The lowest BCUT2D eigenvalue weighted by atomic mass is 9.88. The summed E-state index contributed by atoms with van der Waals surface area (Å²) < 4.78 is 0. The molecule has 0 fully saturated rings. The van der Waals surface area contributed by atoms with Gasteiger partial charge in [0.25, 0.3) is 0 Å². The number of hydrogen-bond donors (Lipinski definition) is 1. The summed E-state index contributed by atoms with van der Waals surface area (Å²) in [5.41, 5.74) is 0.738. The van der Waals surface area contributed by atoms with Gasteiger partial charge in [0, 0.05) is 19.3 Å². The van der Waals surface area contributed by atoms with Gasteiger partial charge in [-0.25, -0.2) is 4.98 Å². The SMILES string of the molecule is CNc1ncc(C(C)(C)C)cc1[N+](=O)[O-]. The van der Waals surface area contributed by atoms with Crippen LogP contribution in [0.25, 0.3) is 0 Å². The van der Waals surface area contributed by atoms with Crippen molar-refractivity contribution < 1.29 is 4.92 Å². The van der Waals surface area contributed by atoms with Gasteiger partial charge in [-0.15, -0.1) is 0 Å². The summed E-state index contributed by atoms with van der Waals surface area (Å²) in [5.74, 6) is 0.299. The number of anilines is 1. The fraction of sp³-hybridized carbons (Fsp3) is 0.500. The van der Waals surface area contributed by atoms with Crippen LogP contribution in [0.2, 0.25) is 0 Å². The summed E-state index contributed by atoms with van der Waals surface area (Å²) >= 11 is 0. The Kier molecular flexibility index (Phi) is 2.93. The Morgan fingerprint density at radius 3 is 2.47 bits per heavy atom. The first-order valence-electron chi connectivity index (χ1n) is 4.69. The van der Waals surface area contributed by atoms with E-state index < -0.39 is 4.92 Å². The van der Waals surface area contributed by atoms with Gasteiger partial charge < -0.3 is 5.32 Å². The number of rotatable bonds is 2. The maximum absolute atomic E-state index is 10.8. The predicted molar refractivity (Wildman–Crippen MR) is 59.1 cm³/mol. The maximum Gasteiger partial charge on any atom is 0.311 e. The molecule has 0 saturated carbocycles. The molecular formula is C10H15N3O2. The van der Waals surface area contributed by atoms with Crippen LogP contribution in [0.3, 0.4) is 0 Å². The Hall–Kier alpha value is -1.65. The van der Waals surface area contributed by atoms with Gasteiger partial charge in [0.1, 0.15) is 0 Å². The summed E-state index contributed by atoms with van der Waals surface area (Å²) in [6, 6.07) is 1.57. The molecular weight excluding hydrogens is 194 g/mol. The lowest BCUT2D eigenvalue weighted by Crippen LogP contribution is -2.12. The normalized spacial score (nSPS) is 11.2. The Morgan fingerprint density at radius 2 is 2.07 bits per heavy atom. The Balaban J connectivity index is 3.28. The highest BCUT2D eigenvalue weighted by molar-refractivity contribution is 5.56. The molecule has 0 aromatic carbocycles. The van der Waals surface area contributed by atoms with Crippen LogP contribution < -0.4 is 5.32 Å². The highest BCUT2D eigenvalue weighted by atomic mass is 16.6. The van der Waals surface area contributed by atoms with E-state index in [0.717, 1.165) is 5.56 Å². The second kappa shape index (κ2) is 3.84. The molecule has 0 atom stereocenters. The van der Waals surface area contributed by atoms with E-state index in [-0.39, 0.29) is 11.1 Å². The molecule has 1 heterocycles. The lowest BCUT2D eigenvalue weighted by Gasteiger charge is -2.18. The van der Waals surface area contributed by atoms with Crippen molar-refractivity contribution in [1.82, 2.24) is 4.98 Å². The molecule has 0 spiro atoms. The molecule has 1 N–H and O–H groups in total. The minimum Gasteiger partial charge on any atom is -0.367 e. The molecule has 5 heteroatoms. The average Bonchev–Trinajstić information content (AvgIpc) is 2.15. The van der Waals surface area contributed by atoms with Crippen molar-refractivity contribution in [2.45, 2.75) is 26.2 Å². The highest BCUT2D eigenvalue weighted by Gasteiger charge is 2.21. The molecule has 1 aromatic rings. The number of hydrogen-bond acceptors (Lipinski definition) is 4. The average molecular weight is 209 g/mol. The minimum atomic E-state index is -0.423. The van der Waals surface area contributed by atoms with Crippen LogP contribution in [0, 0.1) is 10.1 Å². The van der Waals surface area contributed by atoms with Crippen LogP contribution in [0.5, 0.6) is 0 Å². The summed E-state index contributed by atoms with van der Waals surface area (Å²) in [7, 11) is 1.62. The van der Waals surface area contributed by atoms with Crippen LogP contribution in [0.15, 0.2) is 12.3 Å². The Labute approximate surface area is 88.7 Å². The molecule has 0 saturated heterocycles. The maximum atomic E-state index is 10.8. The van der Waals surface area contributed by atoms with Crippen molar-refractivity contribution in [2.75, 3.05) is 12.4 Å². The molecule has 0 unspecified atom stereocenters. The number of nitro groups is 1. The van der Waals surface area contributed by atoms with Gasteiger partial charge in [-0.1, -0.05) is 20.8 Å². The Bertz CT molecular complexity index is 383. The summed E-state index contributed by atoms with van der Waals surface area (Å²) in [5, 5.41) is 13.5. The molecule has 0 aliphatic carbocycles. The van der Waals surface area contributed by atoms with Gasteiger partial charge in [0.15, 0.2) is 0 Å². The van der Waals surface area contributed by atoms with Gasteiger partial charge >= 0.3 is 5.69 Å². The molecule has 5 nitrogen and oxygen atoms in total. The van der Waals surface area contributed by atoms with Crippen molar-refractivity contribution in [1.29, 1.82) is 0 Å². The van der Waals surface area contributed by atoms with Gasteiger partial charge in [-0.2, -0.15) is 0 Å². The summed E-state index contributed by atoms with van der Waals surface area (Å²) in [4.78, 5) is 14.4. The van der Waals surface area contributed by atoms with Crippen molar-refractivity contribution in [3.8, 4) is 0 Å². The predicted octanol–water partition coefficient (Wildman–Crippen LogP) is 2.33. The van der Waals surface area contributed by atoms with E-state index in [1.165, 1.54) is 0 Å². The largest absolute Gasteiger partial charge is 0.367 e. The third kappa shape index (κ3) is 2.43. The zero-order chi connectivity index (χ0) is 11.6. The number of nitrogens with one attached hydrogen (secondary N) is 1. The topological polar surface area (TPSA) is 68.1 Å². The zero-order valence-corrected chi connectivity index (χ0v) is 9.37. The third-order valence-electron chi connectivity index (χ3n) is 2.17. The van der Waals surface area contributed by atoms with Crippen LogP contribution in [-0.4, -0.2) is 17.0 Å². The summed E-state index contributed by atoms with van der Waals surface area (Å²) in [6.07, 6.45) is 1.67. The fourth-order valence-electron chi connectivity index (χ4n) is 1.20. The van der Waals surface area contributed by atoms with Crippen LogP contribution >= 0.6 is 0 Å². The molecule has 0 bridgehead atoms. The molecule has 0 radical (unpaired) electrons. The van der Waals surface area contributed by atoms with E-state index in [1.807, 2.05) is 20.8 Å². The smallest absolute Gasteiger partial charge is 0.311 e. The second-order valence-corrected chi connectivity index (χ2v) is 4.35. The zero-order valence-electron chi connectivity index (χ0n) is 9.37. The first-order chi connectivity index (χ1) is 6.86. The molecule has 1 rings (SSSR count). The first-order valence-corrected chi connectivity index (χ1v) is 4.69. The van der Waals surface area contributed by atoms with E-state index >= 15 is 0 Å². The van der Waals surface area contributed by atoms with Crippen molar-refractivity contribution in [3.05, 3.63) is 27.9 Å². The summed E-state index contributed by atoms with van der Waals surface area (Å²) in [6.45, 7) is 5.98. The monoisotopic (exact) mass is 209 g/mol. The highest BCUT2D eigenvalue weighted by Crippen LogP contribution is 2.28. The molecule has 1 aromatic heterocycles. The van der Waals surface area contributed by atoms with Crippen LogP contribution in [-0.2, 0) is 5.41 Å². The van der Waals surface area contributed by atoms with E-state index in [1.54, 1.807) is 19.3 Å². The van der Waals surface area contributed by atoms with Crippen molar-refractivity contribution in [2.24, 2.45) is 0 Å². The van der Waals surface area contributed by atoms with Crippen LogP contribution in [0.4, 0.5) is 11.5 Å². The quantitative estimate of drug-likeness (QED) is 0.599. The number of pyridine rings is 1. The lowest BCUT2D eigenvalue weighted by molar-refractivity contribution is -0.384. The molecule has 82 valence electrons. The molecule has 15 heavy (non-hydrogen) atoms. The first kappa shape index (κ1) is 11.4. The van der Waals surface area contributed by atoms with Gasteiger partial charge in [0.2, 0.25) is 5.82 Å². The van der Waals surface area contributed by atoms with Gasteiger partial charge in [0.05, 0.1) is 4.92 Å². The second-order valence-electron chi connectivity index (χ2n) is 4.35. The number of nitrogens with zero attached hydrogens (tertiary/aromatic N) is 2. The Morgan fingerprint density at radius 1 is 1.47 bits per heavy atom. The standard InChI is InChI=1S/C10H15N3O2/c1-10(2,3)7-5-8(13(14)15)9(11-4)12-6-7/h5-6H,1-4H3,(H,11,12). The van der Waals surface area contributed by atoms with Crippen molar-refractivity contribution >= 4 is 11.5 Å². The van der Waals surface area contributed by atoms with E-state index in [2.05, 4.69) is 10.3 Å². The molecule has 0 amide bonds. The van der Waals surface area contributed by atoms with Crippen LogP contribution in [0.1, 0.15) is 26.3 Å². The van der Waals surface area contributed by atoms with Crippen molar-refractivity contribution in [3.63, 3.8) is 0 Å². The third-order valence-corrected chi connectivity index (χ3v) is 2.17. The van der Waals surface area contributed by atoms with E-state index in [9.17, 15) is 10.1 Å². The van der Waals surface area contributed by atoms with E-state index in [4.69, 9.17) is 0 Å². The molecule has 0 aliphatic rings. The fourth-order valence-corrected chi connectivity index (χ4v) is 1.20. The molecule has 0 aliphatic heterocycles. The minimum absolute atomic E-state index is 0.0184. The van der Waals surface area contributed by atoms with Gasteiger partial charge in [-0.3, -0.25) is 10.1 Å². The van der Waals surface area contributed by atoms with E-state index in [0.29, 0.717) is 5.82 Å². The van der Waals surface area contributed by atoms with Gasteiger partial charge in [-0.05, 0) is 11.0 Å². The number of aromatic nitrogens is 1.